The van der Waals surface area contributed by atoms with Gasteiger partial charge in [0.25, 0.3) is 5.91 Å². The first-order valence-corrected chi connectivity index (χ1v) is 10.2. The highest BCUT2D eigenvalue weighted by atomic mass is 32.2. The lowest BCUT2D eigenvalue weighted by atomic mass is 10.1. The molecule has 2 aliphatic rings. The van der Waals surface area contributed by atoms with Crippen LogP contribution in [-0.4, -0.2) is 28.2 Å². The lowest BCUT2D eigenvalue weighted by Crippen LogP contribution is -2.27. The standard InChI is InChI=1S/C22H22N2OS2/c1-3-23-18(16-15-17-11-9-10-13-19(17)23)12-7-5-6-8-14-20-21(25)24(4-2)22(26)27-20/h5-16H,3-4H2,1-2H3/b7-5+,8-6+,18-12+,20-14-. The highest BCUT2D eigenvalue weighted by Crippen LogP contribution is 2.31. The fraction of sp³-hybridized carbons (Fsp3) is 0.182. The predicted molar refractivity (Wildman–Crippen MR) is 121 cm³/mol. The Balaban J connectivity index is 1.66. The summed E-state index contributed by atoms with van der Waals surface area (Å²) >= 11 is 6.56. The molecule has 1 aromatic rings. The van der Waals surface area contributed by atoms with Crippen LogP contribution in [0.4, 0.5) is 5.69 Å². The zero-order valence-electron chi connectivity index (χ0n) is 15.5. The van der Waals surface area contributed by atoms with Gasteiger partial charge in [0.2, 0.25) is 0 Å². The predicted octanol–water partition coefficient (Wildman–Crippen LogP) is 5.30. The van der Waals surface area contributed by atoms with Gasteiger partial charge in [0.15, 0.2) is 0 Å². The maximum Gasteiger partial charge on any atom is 0.266 e. The Morgan fingerprint density at radius 2 is 1.67 bits per heavy atom. The molecular formula is C22H22N2OS2. The molecule has 0 spiro atoms. The van der Waals surface area contributed by atoms with Crippen molar-refractivity contribution in [3.05, 3.63) is 83.0 Å². The summed E-state index contributed by atoms with van der Waals surface area (Å²) in [6.07, 6.45) is 16.0. The summed E-state index contributed by atoms with van der Waals surface area (Å²) in [6.45, 7) is 5.61. The summed E-state index contributed by atoms with van der Waals surface area (Å²) in [6, 6.07) is 8.40. The quantitative estimate of drug-likeness (QED) is 0.384. The van der Waals surface area contributed by atoms with Crippen LogP contribution >= 0.6 is 24.0 Å². The molecule has 1 amide bonds. The van der Waals surface area contributed by atoms with Crippen molar-refractivity contribution in [1.82, 2.24) is 4.90 Å². The molecule has 0 aliphatic carbocycles. The highest BCUT2D eigenvalue weighted by molar-refractivity contribution is 8.26. The third-order valence-electron chi connectivity index (χ3n) is 4.33. The lowest BCUT2D eigenvalue weighted by Gasteiger charge is -2.29. The number of carbonyl (C=O) groups is 1. The van der Waals surface area contributed by atoms with Crippen LogP contribution in [0, 0.1) is 0 Å². The van der Waals surface area contributed by atoms with E-state index in [0.717, 1.165) is 12.2 Å². The molecular weight excluding hydrogens is 372 g/mol. The van der Waals surface area contributed by atoms with Crippen LogP contribution in [0.5, 0.6) is 0 Å². The van der Waals surface area contributed by atoms with E-state index in [1.807, 2.05) is 37.3 Å². The molecule has 0 saturated carbocycles. The van der Waals surface area contributed by atoms with Gasteiger partial charge in [0.1, 0.15) is 4.32 Å². The van der Waals surface area contributed by atoms with Crippen LogP contribution in [0.25, 0.3) is 6.08 Å². The Morgan fingerprint density at radius 3 is 2.37 bits per heavy atom. The van der Waals surface area contributed by atoms with Gasteiger partial charge in [-0.1, -0.05) is 72.6 Å². The van der Waals surface area contributed by atoms with Crippen LogP contribution in [-0.2, 0) is 4.79 Å². The number of hydrogen-bond acceptors (Lipinski definition) is 4. The van der Waals surface area contributed by atoms with E-state index in [-0.39, 0.29) is 5.91 Å². The molecule has 1 fully saturated rings. The number of para-hydroxylation sites is 1. The van der Waals surface area contributed by atoms with Gasteiger partial charge in [-0.25, -0.2) is 0 Å². The number of fused-ring (bicyclic) bond motifs is 1. The van der Waals surface area contributed by atoms with Crippen molar-refractivity contribution in [2.75, 3.05) is 18.0 Å². The van der Waals surface area contributed by atoms with Crippen molar-refractivity contribution >= 4 is 46.0 Å². The smallest absolute Gasteiger partial charge is 0.266 e. The second-order valence-corrected chi connectivity index (χ2v) is 7.62. The number of allylic oxidation sites excluding steroid dienone is 7. The van der Waals surface area contributed by atoms with Crippen LogP contribution in [0.2, 0.25) is 0 Å². The summed E-state index contributed by atoms with van der Waals surface area (Å²) < 4.78 is 0.631. The van der Waals surface area contributed by atoms with Gasteiger partial charge in [-0.05, 0) is 43.7 Å². The van der Waals surface area contributed by atoms with E-state index in [4.69, 9.17) is 12.2 Å². The zero-order valence-corrected chi connectivity index (χ0v) is 17.1. The third-order valence-corrected chi connectivity index (χ3v) is 5.72. The van der Waals surface area contributed by atoms with Crippen molar-refractivity contribution in [3.8, 4) is 0 Å². The normalized spacial score (nSPS) is 20.1. The molecule has 0 aromatic heterocycles. The van der Waals surface area contributed by atoms with Gasteiger partial charge in [-0.3, -0.25) is 9.69 Å². The molecule has 3 rings (SSSR count). The fourth-order valence-electron chi connectivity index (χ4n) is 2.99. The lowest BCUT2D eigenvalue weighted by molar-refractivity contribution is -0.122. The number of likely N-dealkylation sites (N-methyl/N-ethyl adjacent to an activating group) is 2. The van der Waals surface area contributed by atoms with Crippen LogP contribution in [0.15, 0.2) is 77.4 Å². The summed E-state index contributed by atoms with van der Waals surface area (Å²) in [5.74, 6) is -0.00663. The molecule has 0 bridgehead atoms. The maximum absolute atomic E-state index is 12.1. The number of anilines is 1. The average Bonchev–Trinajstić information content (AvgIpc) is 2.96. The SMILES string of the molecule is CCN1C(=O)/C(=C/C=C/C=C/C=C2\C=Cc3ccccc3N2CC)SC1=S. The third kappa shape index (κ3) is 4.31. The molecule has 0 atom stereocenters. The summed E-state index contributed by atoms with van der Waals surface area (Å²) in [5, 5.41) is 0. The van der Waals surface area contributed by atoms with Crippen molar-refractivity contribution in [3.63, 3.8) is 0 Å². The second-order valence-electron chi connectivity index (χ2n) is 5.95. The molecule has 0 unspecified atom stereocenters. The van der Waals surface area contributed by atoms with Crippen molar-refractivity contribution in [2.24, 2.45) is 0 Å². The number of nitrogens with zero attached hydrogens (tertiary/aromatic N) is 2. The Labute approximate surface area is 170 Å². The van der Waals surface area contributed by atoms with Gasteiger partial charge < -0.3 is 4.90 Å². The largest absolute Gasteiger partial charge is 0.341 e. The summed E-state index contributed by atoms with van der Waals surface area (Å²) in [4.78, 5) is 16.7. The summed E-state index contributed by atoms with van der Waals surface area (Å²) in [7, 11) is 0. The van der Waals surface area contributed by atoms with Crippen LogP contribution < -0.4 is 4.90 Å². The molecule has 2 heterocycles. The van der Waals surface area contributed by atoms with Gasteiger partial charge in [-0.15, -0.1) is 0 Å². The topological polar surface area (TPSA) is 23.6 Å². The van der Waals surface area contributed by atoms with Crippen LogP contribution in [0.3, 0.4) is 0 Å². The second kappa shape index (κ2) is 9.02. The van der Waals surface area contributed by atoms with E-state index >= 15 is 0 Å². The van der Waals surface area contributed by atoms with E-state index in [9.17, 15) is 4.79 Å². The molecule has 3 nitrogen and oxygen atoms in total. The van der Waals surface area contributed by atoms with Crippen molar-refractivity contribution in [1.29, 1.82) is 0 Å². The van der Waals surface area contributed by atoms with E-state index in [1.54, 1.807) is 4.90 Å². The van der Waals surface area contributed by atoms with E-state index in [1.165, 1.54) is 23.0 Å². The number of rotatable bonds is 5. The first-order chi connectivity index (χ1) is 13.2. The number of carbonyl (C=O) groups excluding carboxylic acids is 1. The molecule has 5 heteroatoms. The Morgan fingerprint density at radius 1 is 0.963 bits per heavy atom. The van der Waals surface area contributed by atoms with Crippen LogP contribution in [0.1, 0.15) is 19.4 Å². The number of thiocarbonyl (C=S) groups is 1. The minimum absolute atomic E-state index is 0.00663. The highest BCUT2D eigenvalue weighted by Gasteiger charge is 2.29. The Kier molecular flexibility index (Phi) is 6.48. The molecule has 0 N–H and O–H groups in total. The first kappa shape index (κ1) is 19.4. The number of amides is 1. The number of thioether (sulfide) groups is 1. The van der Waals surface area contributed by atoms with E-state index < -0.39 is 0 Å². The molecule has 138 valence electrons. The zero-order chi connectivity index (χ0) is 19.2. The minimum atomic E-state index is -0.00663. The van der Waals surface area contributed by atoms with Crippen molar-refractivity contribution < 1.29 is 4.79 Å². The molecule has 1 aromatic carbocycles. The number of hydrogen-bond donors (Lipinski definition) is 0. The molecule has 1 saturated heterocycles. The fourth-order valence-corrected chi connectivity index (χ4v) is 4.32. The Hall–Kier alpha value is -2.37. The van der Waals surface area contributed by atoms with Gasteiger partial charge in [-0.2, -0.15) is 0 Å². The molecule has 27 heavy (non-hydrogen) atoms. The van der Waals surface area contributed by atoms with Gasteiger partial charge in [0, 0.05) is 24.5 Å². The maximum atomic E-state index is 12.1. The van der Waals surface area contributed by atoms with Gasteiger partial charge >= 0.3 is 0 Å². The monoisotopic (exact) mass is 394 g/mol. The summed E-state index contributed by atoms with van der Waals surface area (Å²) in [5.41, 5.74) is 3.63. The average molecular weight is 395 g/mol. The molecule has 0 radical (unpaired) electrons. The van der Waals surface area contributed by atoms with Gasteiger partial charge in [0.05, 0.1) is 4.91 Å². The first-order valence-electron chi connectivity index (χ1n) is 8.99. The molecule has 2 aliphatic heterocycles. The minimum Gasteiger partial charge on any atom is -0.341 e. The number of benzene rings is 1. The van der Waals surface area contributed by atoms with E-state index in [0.29, 0.717) is 15.8 Å². The van der Waals surface area contributed by atoms with E-state index in [2.05, 4.69) is 54.3 Å². The van der Waals surface area contributed by atoms with Crippen molar-refractivity contribution in [2.45, 2.75) is 13.8 Å². The Bertz CT molecular complexity index is 893.